The molecule has 0 aliphatic heterocycles. The van der Waals surface area contributed by atoms with Crippen molar-refractivity contribution in [2.75, 3.05) is 6.54 Å². The predicted molar refractivity (Wildman–Crippen MR) is 82.0 cm³/mol. The molecule has 1 unspecified atom stereocenters. The molecule has 2 N–H and O–H groups in total. The molecule has 0 saturated heterocycles. The van der Waals surface area contributed by atoms with Crippen LogP contribution in [0.2, 0.25) is 0 Å². The van der Waals surface area contributed by atoms with Crippen LogP contribution in [0, 0.1) is 12.3 Å². The van der Waals surface area contributed by atoms with Crippen molar-refractivity contribution in [3.8, 4) is 12.3 Å². The molecule has 5 nitrogen and oxygen atoms in total. The highest BCUT2D eigenvalue weighted by Crippen LogP contribution is 2.06. The Balaban J connectivity index is 2.09. The Hall–Kier alpha value is -3.00. The topological polar surface area (TPSA) is 71.3 Å². The van der Waals surface area contributed by atoms with Crippen LogP contribution in [0.4, 0.5) is 0 Å². The van der Waals surface area contributed by atoms with Gasteiger partial charge >= 0.3 is 0 Å². The summed E-state index contributed by atoms with van der Waals surface area (Å²) >= 11 is 0. The van der Waals surface area contributed by atoms with Crippen molar-refractivity contribution < 1.29 is 14.0 Å². The van der Waals surface area contributed by atoms with Crippen LogP contribution in [-0.2, 0) is 11.2 Å². The molecule has 0 radical (unpaired) electrons. The van der Waals surface area contributed by atoms with Crippen LogP contribution < -0.4 is 10.6 Å². The molecule has 1 heterocycles. The Morgan fingerprint density at radius 1 is 1.18 bits per heavy atom. The number of amides is 2. The summed E-state index contributed by atoms with van der Waals surface area (Å²) in [5, 5.41) is 5.25. The van der Waals surface area contributed by atoms with E-state index in [1.807, 2.05) is 30.3 Å². The van der Waals surface area contributed by atoms with Crippen LogP contribution >= 0.6 is 0 Å². The molecule has 112 valence electrons. The number of furan rings is 1. The Morgan fingerprint density at radius 2 is 1.95 bits per heavy atom. The van der Waals surface area contributed by atoms with Gasteiger partial charge in [0.1, 0.15) is 6.04 Å². The van der Waals surface area contributed by atoms with Crippen molar-refractivity contribution in [2.45, 2.75) is 12.5 Å². The lowest BCUT2D eigenvalue weighted by atomic mass is 10.1. The molecule has 0 bridgehead atoms. The second-order valence-electron chi connectivity index (χ2n) is 4.62. The second-order valence-corrected chi connectivity index (χ2v) is 4.62. The number of hydrogen-bond acceptors (Lipinski definition) is 3. The fourth-order valence-electron chi connectivity index (χ4n) is 1.96. The minimum Gasteiger partial charge on any atom is -0.459 e. The van der Waals surface area contributed by atoms with Gasteiger partial charge < -0.3 is 15.1 Å². The normalized spacial score (nSPS) is 11.2. The van der Waals surface area contributed by atoms with Gasteiger partial charge in [0.05, 0.1) is 12.8 Å². The highest BCUT2D eigenvalue weighted by atomic mass is 16.3. The predicted octanol–water partition coefficient (Wildman–Crippen LogP) is 1.37. The molecule has 0 aliphatic carbocycles. The van der Waals surface area contributed by atoms with Gasteiger partial charge in [-0.15, -0.1) is 6.42 Å². The van der Waals surface area contributed by atoms with Gasteiger partial charge in [-0.2, -0.15) is 0 Å². The highest BCUT2D eigenvalue weighted by molar-refractivity contribution is 5.95. The third-order valence-electron chi connectivity index (χ3n) is 3.01. The number of nitrogens with one attached hydrogen (secondary N) is 2. The van der Waals surface area contributed by atoms with Crippen LogP contribution in [-0.4, -0.2) is 24.4 Å². The Labute approximate surface area is 128 Å². The molecule has 0 saturated carbocycles. The van der Waals surface area contributed by atoms with E-state index < -0.39 is 11.9 Å². The molecule has 2 amide bonds. The van der Waals surface area contributed by atoms with Crippen LogP contribution in [0.5, 0.6) is 0 Å². The van der Waals surface area contributed by atoms with Gasteiger partial charge in [0, 0.05) is 6.42 Å². The summed E-state index contributed by atoms with van der Waals surface area (Å²) in [4.78, 5) is 24.2. The molecule has 0 fully saturated rings. The van der Waals surface area contributed by atoms with E-state index in [-0.39, 0.29) is 18.2 Å². The summed E-state index contributed by atoms with van der Waals surface area (Å²) in [5.74, 6) is 1.72. The Kier molecular flexibility index (Phi) is 5.38. The highest BCUT2D eigenvalue weighted by Gasteiger charge is 2.22. The molecule has 5 heteroatoms. The number of terminal acetylenes is 1. The number of hydrogen-bond donors (Lipinski definition) is 2. The molecule has 2 aromatic rings. The first-order valence-corrected chi connectivity index (χ1v) is 6.80. The van der Waals surface area contributed by atoms with Gasteiger partial charge in [0.25, 0.3) is 5.91 Å². The van der Waals surface area contributed by atoms with E-state index in [2.05, 4.69) is 16.6 Å². The summed E-state index contributed by atoms with van der Waals surface area (Å²) in [5.41, 5.74) is 0.933. The summed E-state index contributed by atoms with van der Waals surface area (Å²) in [7, 11) is 0. The number of carbonyl (C=O) groups is 2. The third kappa shape index (κ3) is 4.25. The van der Waals surface area contributed by atoms with Crippen LogP contribution in [0.15, 0.2) is 53.1 Å². The number of rotatable bonds is 6. The fraction of sp³-hybridized carbons (Fsp3) is 0.176. The maximum atomic E-state index is 12.2. The summed E-state index contributed by atoms with van der Waals surface area (Å²) in [6.07, 6.45) is 6.91. The summed E-state index contributed by atoms with van der Waals surface area (Å²) in [6.45, 7) is 0.112. The van der Waals surface area contributed by atoms with Crippen molar-refractivity contribution in [1.29, 1.82) is 0 Å². The van der Waals surface area contributed by atoms with E-state index in [0.29, 0.717) is 6.42 Å². The van der Waals surface area contributed by atoms with Crippen LogP contribution in [0.1, 0.15) is 16.1 Å². The minimum atomic E-state index is -0.728. The van der Waals surface area contributed by atoms with Crippen LogP contribution in [0.3, 0.4) is 0 Å². The lowest BCUT2D eigenvalue weighted by molar-refractivity contribution is -0.122. The standard InChI is InChI=1S/C17H16N2O3/c1-2-10-18-16(20)14(12-13-7-4-3-5-8-13)19-17(21)15-9-6-11-22-15/h1,3-9,11,14H,10,12H2,(H,18,20)(H,19,21). The smallest absolute Gasteiger partial charge is 0.287 e. The van der Waals surface area contributed by atoms with Gasteiger partial charge in [-0.3, -0.25) is 9.59 Å². The van der Waals surface area contributed by atoms with Crippen molar-refractivity contribution >= 4 is 11.8 Å². The van der Waals surface area contributed by atoms with E-state index in [1.54, 1.807) is 6.07 Å². The van der Waals surface area contributed by atoms with E-state index in [0.717, 1.165) is 5.56 Å². The van der Waals surface area contributed by atoms with Crippen molar-refractivity contribution in [1.82, 2.24) is 10.6 Å². The van der Waals surface area contributed by atoms with Crippen molar-refractivity contribution in [2.24, 2.45) is 0 Å². The second kappa shape index (κ2) is 7.70. The molecular formula is C17H16N2O3. The quantitative estimate of drug-likeness (QED) is 0.791. The van der Waals surface area contributed by atoms with Gasteiger partial charge in [-0.1, -0.05) is 36.3 Å². The summed E-state index contributed by atoms with van der Waals surface area (Å²) in [6, 6.07) is 11.8. The number of benzene rings is 1. The lowest BCUT2D eigenvalue weighted by Crippen LogP contribution is -2.48. The zero-order valence-electron chi connectivity index (χ0n) is 11.9. The first-order chi connectivity index (χ1) is 10.7. The average Bonchev–Trinajstić information content (AvgIpc) is 3.07. The maximum absolute atomic E-state index is 12.2. The minimum absolute atomic E-state index is 0.112. The Morgan fingerprint density at radius 3 is 2.59 bits per heavy atom. The van der Waals surface area contributed by atoms with Crippen LogP contribution in [0.25, 0.3) is 0 Å². The molecule has 0 aliphatic rings. The maximum Gasteiger partial charge on any atom is 0.287 e. The molecular weight excluding hydrogens is 280 g/mol. The van der Waals surface area contributed by atoms with Crippen molar-refractivity contribution in [3.05, 3.63) is 60.1 Å². The lowest BCUT2D eigenvalue weighted by Gasteiger charge is -2.17. The molecule has 22 heavy (non-hydrogen) atoms. The first kappa shape index (κ1) is 15.4. The first-order valence-electron chi connectivity index (χ1n) is 6.80. The average molecular weight is 296 g/mol. The van der Waals surface area contributed by atoms with E-state index in [4.69, 9.17) is 10.8 Å². The zero-order chi connectivity index (χ0) is 15.8. The SMILES string of the molecule is C#CCNC(=O)C(Cc1ccccc1)NC(=O)c1ccco1. The van der Waals surface area contributed by atoms with Gasteiger partial charge in [0.15, 0.2) is 5.76 Å². The third-order valence-corrected chi connectivity index (χ3v) is 3.01. The number of carbonyl (C=O) groups excluding carboxylic acids is 2. The van der Waals surface area contributed by atoms with Crippen molar-refractivity contribution in [3.63, 3.8) is 0 Å². The summed E-state index contributed by atoms with van der Waals surface area (Å²) < 4.78 is 5.03. The Bertz CT molecular complexity index is 657. The largest absolute Gasteiger partial charge is 0.459 e. The van der Waals surface area contributed by atoms with E-state index in [9.17, 15) is 9.59 Å². The molecule has 1 aromatic heterocycles. The van der Waals surface area contributed by atoms with Gasteiger partial charge in [-0.05, 0) is 17.7 Å². The molecule has 0 spiro atoms. The van der Waals surface area contributed by atoms with E-state index in [1.165, 1.54) is 12.3 Å². The monoisotopic (exact) mass is 296 g/mol. The van der Waals surface area contributed by atoms with Gasteiger partial charge in [-0.25, -0.2) is 0 Å². The zero-order valence-corrected chi connectivity index (χ0v) is 11.9. The molecule has 1 atom stereocenters. The molecule has 2 rings (SSSR count). The van der Waals surface area contributed by atoms with Gasteiger partial charge in [0.2, 0.25) is 5.91 Å². The molecule has 1 aromatic carbocycles. The van der Waals surface area contributed by atoms with E-state index >= 15 is 0 Å². The fourth-order valence-corrected chi connectivity index (χ4v) is 1.96.